The van der Waals surface area contributed by atoms with E-state index in [1.165, 1.54) is 0 Å². The Bertz CT molecular complexity index is 477. The number of carbonyl (C=O) groups is 3. The van der Waals surface area contributed by atoms with Crippen LogP contribution in [0.2, 0.25) is 0 Å². The van der Waals surface area contributed by atoms with Crippen LogP contribution in [0.4, 0.5) is 0 Å². The number of hydrogen-bond donors (Lipinski definition) is 2. The predicted octanol–water partition coefficient (Wildman–Crippen LogP) is 1.91. The highest BCUT2D eigenvalue weighted by atomic mass is 16.3. The van der Waals surface area contributed by atoms with E-state index in [1.807, 2.05) is 32.1 Å². The molecule has 1 saturated heterocycles. The van der Waals surface area contributed by atoms with Crippen molar-refractivity contribution in [3.8, 4) is 0 Å². The fourth-order valence-electron chi connectivity index (χ4n) is 2.71. The van der Waals surface area contributed by atoms with Gasteiger partial charge >= 0.3 is 0 Å². The van der Waals surface area contributed by atoms with E-state index in [0.717, 1.165) is 5.57 Å². The van der Waals surface area contributed by atoms with Crippen molar-refractivity contribution < 1.29 is 19.5 Å². The molecule has 122 valence electrons. The molecule has 0 aromatic carbocycles. The zero-order valence-electron chi connectivity index (χ0n) is 13.5. The maximum absolute atomic E-state index is 12.1. The van der Waals surface area contributed by atoms with Crippen molar-refractivity contribution in [1.82, 2.24) is 5.32 Å². The van der Waals surface area contributed by atoms with Crippen molar-refractivity contribution in [2.75, 3.05) is 0 Å². The standard InChI is InChI=1S/C17H25NO4/c1-4-5-11(2)6-12(3)15(20)10-14(19)7-13-8-16(21)18-17(22)9-13/h4-6,12-14,19H,7-10H2,1-3H3,(H,18,21,22)/b5-4+,11-6+/t12-,14+/m0/s1. The van der Waals surface area contributed by atoms with Crippen molar-refractivity contribution in [3.05, 3.63) is 23.8 Å². The third-order valence-corrected chi connectivity index (χ3v) is 3.72. The maximum Gasteiger partial charge on any atom is 0.226 e. The highest BCUT2D eigenvalue weighted by Crippen LogP contribution is 2.21. The van der Waals surface area contributed by atoms with Gasteiger partial charge in [-0.15, -0.1) is 0 Å². The predicted molar refractivity (Wildman–Crippen MR) is 83.9 cm³/mol. The minimum Gasteiger partial charge on any atom is -0.393 e. The van der Waals surface area contributed by atoms with E-state index < -0.39 is 6.10 Å². The van der Waals surface area contributed by atoms with Gasteiger partial charge in [0.15, 0.2) is 0 Å². The molecule has 22 heavy (non-hydrogen) atoms. The molecule has 0 aliphatic carbocycles. The topological polar surface area (TPSA) is 83.5 Å². The molecule has 1 aliphatic rings. The van der Waals surface area contributed by atoms with Crippen LogP contribution >= 0.6 is 0 Å². The summed E-state index contributed by atoms with van der Waals surface area (Å²) in [5, 5.41) is 12.3. The van der Waals surface area contributed by atoms with E-state index in [4.69, 9.17) is 0 Å². The molecule has 2 atom stereocenters. The molecular weight excluding hydrogens is 282 g/mol. The quantitative estimate of drug-likeness (QED) is 0.556. The van der Waals surface area contributed by atoms with Crippen molar-refractivity contribution in [1.29, 1.82) is 0 Å². The van der Waals surface area contributed by atoms with Gasteiger partial charge in [0.25, 0.3) is 0 Å². The second kappa shape index (κ2) is 8.63. The van der Waals surface area contributed by atoms with Crippen LogP contribution < -0.4 is 5.32 Å². The third-order valence-electron chi connectivity index (χ3n) is 3.72. The van der Waals surface area contributed by atoms with Crippen LogP contribution in [0.5, 0.6) is 0 Å². The molecule has 5 heteroatoms. The largest absolute Gasteiger partial charge is 0.393 e. The van der Waals surface area contributed by atoms with Gasteiger partial charge in [-0.25, -0.2) is 0 Å². The number of allylic oxidation sites excluding steroid dienone is 4. The van der Waals surface area contributed by atoms with E-state index in [0.29, 0.717) is 6.42 Å². The lowest BCUT2D eigenvalue weighted by Gasteiger charge is -2.23. The van der Waals surface area contributed by atoms with Crippen LogP contribution in [0.1, 0.15) is 46.5 Å². The van der Waals surface area contributed by atoms with E-state index in [-0.39, 0.29) is 48.7 Å². The van der Waals surface area contributed by atoms with Crippen molar-refractivity contribution in [2.45, 2.75) is 52.6 Å². The molecule has 0 aromatic heterocycles. The van der Waals surface area contributed by atoms with Crippen LogP contribution in [0, 0.1) is 11.8 Å². The lowest BCUT2D eigenvalue weighted by Crippen LogP contribution is -2.39. The minimum atomic E-state index is -0.811. The Hall–Kier alpha value is -1.75. The molecule has 0 bridgehead atoms. The summed E-state index contributed by atoms with van der Waals surface area (Å²) in [7, 11) is 0. The molecular formula is C17H25NO4. The van der Waals surface area contributed by atoms with Crippen molar-refractivity contribution >= 4 is 17.6 Å². The van der Waals surface area contributed by atoms with Crippen LogP contribution in [0.3, 0.4) is 0 Å². The molecule has 5 nitrogen and oxygen atoms in total. The third kappa shape index (κ3) is 6.35. The SMILES string of the molecule is C/C=C/C(C)=C/[C@H](C)C(=O)C[C@H](O)CC1CC(=O)NC(=O)C1. The van der Waals surface area contributed by atoms with Gasteiger partial charge in [-0.3, -0.25) is 19.7 Å². The molecule has 0 saturated carbocycles. The first kappa shape index (κ1) is 18.3. The fraction of sp³-hybridized carbons (Fsp3) is 0.588. The van der Waals surface area contributed by atoms with Gasteiger partial charge in [-0.2, -0.15) is 0 Å². The number of piperidine rings is 1. The summed E-state index contributed by atoms with van der Waals surface area (Å²) >= 11 is 0. The van der Waals surface area contributed by atoms with E-state index in [1.54, 1.807) is 6.92 Å². The molecule has 1 heterocycles. The number of nitrogens with one attached hydrogen (secondary N) is 1. The van der Waals surface area contributed by atoms with Crippen LogP contribution in [-0.2, 0) is 14.4 Å². The van der Waals surface area contributed by atoms with E-state index in [9.17, 15) is 19.5 Å². The Kier molecular flexibility index (Phi) is 7.18. The van der Waals surface area contributed by atoms with Crippen molar-refractivity contribution in [3.63, 3.8) is 0 Å². The number of ketones is 1. The van der Waals surface area contributed by atoms with Crippen molar-refractivity contribution in [2.24, 2.45) is 11.8 Å². The Morgan fingerprint density at radius 2 is 1.95 bits per heavy atom. The highest BCUT2D eigenvalue weighted by molar-refractivity contribution is 5.97. The number of aliphatic hydroxyl groups excluding tert-OH is 1. The number of hydrogen-bond acceptors (Lipinski definition) is 4. The lowest BCUT2D eigenvalue weighted by atomic mass is 9.88. The van der Waals surface area contributed by atoms with Gasteiger partial charge in [0.05, 0.1) is 6.10 Å². The second-order valence-corrected chi connectivity index (χ2v) is 6.00. The van der Waals surface area contributed by atoms with Gasteiger partial charge in [0.1, 0.15) is 5.78 Å². The van der Waals surface area contributed by atoms with Crippen LogP contribution in [0.25, 0.3) is 0 Å². The minimum absolute atomic E-state index is 0.0389. The zero-order chi connectivity index (χ0) is 16.7. The molecule has 0 spiro atoms. The molecule has 1 rings (SSSR count). The Morgan fingerprint density at radius 3 is 2.50 bits per heavy atom. The number of imide groups is 1. The fourth-order valence-corrected chi connectivity index (χ4v) is 2.71. The molecule has 0 radical (unpaired) electrons. The van der Waals surface area contributed by atoms with E-state index >= 15 is 0 Å². The number of Topliss-reactive ketones (excluding diaryl/α,β-unsaturated/α-hetero) is 1. The van der Waals surface area contributed by atoms with Gasteiger partial charge < -0.3 is 5.11 Å². The summed E-state index contributed by atoms with van der Waals surface area (Å²) in [6.07, 6.45) is 5.69. The van der Waals surface area contributed by atoms with Gasteiger partial charge in [0.2, 0.25) is 11.8 Å². The van der Waals surface area contributed by atoms with Crippen LogP contribution in [0.15, 0.2) is 23.8 Å². The number of amides is 2. The number of carbonyl (C=O) groups excluding carboxylic acids is 3. The number of aliphatic hydroxyl groups is 1. The smallest absolute Gasteiger partial charge is 0.226 e. The zero-order valence-corrected chi connectivity index (χ0v) is 13.5. The first-order valence-corrected chi connectivity index (χ1v) is 7.66. The molecule has 2 N–H and O–H groups in total. The Labute approximate surface area is 131 Å². The average Bonchev–Trinajstić information content (AvgIpc) is 2.36. The van der Waals surface area contributed by atoms with Gasteiger partial charge in [-0.05, 0) is 26.2 Å². The second-order valence-electron chi connectivity index (χ2n) is 6.00. The van der Waals surface area contributed by atoms with Gasteiger partial charge in [-0.1, -0.05) is 30.7 Å². The average molecular weight is 307 g/mol. The maximum atomic E-state index is 12.1. The summed E-state index contributed by atoms with van der Waals surface area (Å²) < 4.78 is 0. The van der Waals surface area contributed by atoms with Gasteiger partial charge in [0, 0.05) is 25.2 Å². The molecule has 1 fully saturated rings. The normalized spacial score (nSPS) is 20.1. The molecule has 1 aliphatic heterocycles. The molecule has 0 unspecified atom stereocenters. The highest BCUT2D eigenvalue weighted by Gasteiger charge is 2.27. The number of rotatable bonds is 7. The summed E-state index contributed by atoms with van der Waals surface area (Å²) in [4.78, 5) is 34.7. The molecule has 2 amide bonds. The summed E-state index contributed by atoms with van der Waals surface area (Å²) in [5.74, 6) is -1.10. The summed E-state index contributed by atoms with van der Waals surface area (Å²) in [6.45, 7) is 5.64. The Morgan fingerprint density at radius 1 is 1.36 bits per heavy atom. The molecule has 0 aromatic rings. The summed E-state index contributed by atoms with van der Waals surface area (Å²) in [6, 6.07) is 0. The Balaban J connectivity index is 2.48. The van der Waals surface area contributed by atoms with Crippen LogP contribution in [-0.4, -0.2) is 28.8 Å². The summed E-state index contributed by atoms with van der Waals surface area (Å²) in [5.41, 5.74) is 1.01. The monoisotopic (exact) mass is 307 g/mol. The van der Waals surface area contributed by atoms with E-state index in [2.05, 4.69) is 5.32 Å². The lowest BCUT2D eigenvalue weighted by molar-refractivity contribution is -0.135. The first-order chi connectivity index (χ1) is 10.3. The first-order valence-electron chi connectivity index (χ1n) is 7.66.